The molecule has 2 aromatic rings. The van der Waals surface area contributed by atoms with Crippen molar-refractivity contribution in [3.05, 3.63) is 48.0 Å². The van der Waals surface area contributed by atoms with E-state index in [0.717, 1.165) is 0 Å². The molecule has 0 aliphatic heterocycles. The zero-order valence-electron chi connectivity index (χ0n) is 19.5. The lowest BCUT2D eigenvalue weighted by Gasteiger charge is -2.23. The summed E-state index contributed by atoms with van der Waals surface area (Å²) in [7, 11) is 0. The number of aromatic hydroxyl groups is 1. The van der Waals surface area contributed by atoms with Crippen LogP contribution in [0.3, 0.4) is 0 Å². The first kappa shape index (κ1) is 28.7. The predicted molar refractivity (Wildman–Crippen MR) is 125 cm³/mol. The number of aliphatic hydroxyl groups excluding tert-OH is 1. The van der Waals surface area contributed by atoms with E-state index in [1.54, 1.807) is 0 Å². The quantitative estimate of drug-likeness (QED) is 0.123. The number of carboxylic acid groups (broad SMARTS) is 2. The van der Waals surface area contributed by atoms with E-state index in [4.69, 9.17) is 10.8 Å². The average molecular weight is 520 g/mol. The van der Waals surface area contributed by atoms with Gasteiger partial charge in [0, 0.05) is 18.3 Å². The highest BCUT2D eigenvalue weighted by Gasteiger charge is 2.31. The monoisotopic (exact) mass is 520 g/mol. The molecule has 1 heterocycles. The first-order valence-electron chi connectivity index (χ1n) is 11.0. The van der Waals surface area contributed by atoms with Crippen molar-refractivity contribution in [3.8, 4) is 5.75 Å². The number of nitrogens with two attached hydrogens (primary N) is 1. The van der Waals surface area contributed by atoms with E-state index in [1.807, 2.05) is 0 Å². The van der Waals surface area contributed by atoms with Crippen LogP contribution >= 0.6 is 0 Å². The lowest BCUT2D eigenvalue weighted by molar-refractivity contribution is -0.143. The number of amides is 3. The summed E-state index contributed by atoms with van der Waals surface area (Å²) in [6, 6.07) is -0.0468. The molecule has 4 unspecified atom stereocenters. The second kappa shape index (κ2) is 13.6. The number of aliphatic carboxylic acids is 2. The molecule has 3 amide bonds. The van der Waals surface area contributed by atoms with E-state index in [-0.39, 0.29) is 18.6 Å². The summed E-state index contributed by atoms with van der Waals surface area (Å²) in [6.07, 6.45) is 1.67. The lowest BCUT2D eigenvalue weighted by Crippen LogP contribution is -2.58. The van der Waals surface area contributed by atoms with Crippen molar-refractivity contribution in [3.63, 3.8) is 0 Å². The van der Waals surface area contributed by atoms with Gasteiger partial charge in [-0.3, -0.25) is 19.2 Å². The van der Waals surface area contributed by atoms with Crippen LogP contribution in [0.25, 0.3) is 0 Å². The number of imidazole rings is 1. The van der Waals surface area contributed by atoms with Crippen LogP contribution in [0.2, 0.25) is 0 Å². The van der Waals surface area contributed by atoms with Crippen LogP contribution < -0.4 is 21.7 Å². The Labute approximate surface area is 210 Å². The lowest BCUT2D eigenvalue weighted by atomic mass is 10.0. The summed E-state index contributed by atoms with van der Waals surface area (Å²) < 4.78 is 0. The number of carbonyl (C=O) groups excluding carboxylic acids is 3. The first-order chi connectivity index (χ1) is 17.5. The summed E-state index contributed by atoms with van der Waals surface area (Å²) in [5, 5.41) is 44.0. The van der Waals surface area contributed by atoms with E-state index < -0.39 is 66.9 Å². The smallest absolute Gasteiger partial charge is 0.326 e. The van der Waals surface area contributed by atoms with Crippen molar-refractivity contribution in [2.24, 2.45) is 5.73 Å². The molecular formula is C22H28N6O9. The van der Waals surface area contributed by atoms with Crippen molar-refractivity contribution in [1.82, 2.24) is 25.9 Å². The van der Waals surface area contributed by atoms with Gasteiger partial charge in [-0.1, -0.05) is 12.1 Å². The van der Waals surface area contributed by atoms with E-state index in [2.05, 4.69) is 25.9 Å². The molecule has 200 valence electrons. The van der Waals surface area contributed by atoms with Gasteiger partial charge in [-0.15, -0.1) is 0 Å². The molecule has 37 heavy (non-hydrogen) atoms. The highest BCUT2D eigenvalue weighted by molar-refractivity contribution is 5.95. The minimum Gasteiger partial charge on any atom is -0.508 e. The van der Waals surface area contributed by atoms with Gasteiger partial charge in [0.25, 0.3) is 0 Å². The number of carbonyl (C=O) groups is 5. The van der Waals surface area contributed by atoms with Gasteiger partial charge in [0.2, 0.25) is 17.7 Å². The minimum atomic E-state index is -1.65. The van der Waals surface area contributed by atoms with Gasteiger partial charge in [0.05, 0.1) is 25.4 Å². The molecule has 4 atom stereocenters. The molecule has 1 aromatic heterocycles. The average Bonchev–Trinajstić information content (AvgIpc) is 3.35. The number of hydrogen-bond acceptors (Lipinski definition) is 9. The summed E-state index contributed by atoms with van der Waals surface area (Å²) in [5.74, 6) is -5.83. The number of rotatable bonds is 14. The number of benzene rings is 1. The molecule has 0 bridgehead atoms. The summed E-state index contributed by atoms with van der Waals surface area (Å²) >= 11 is 0. The van der Waals surface area contributed by atoms with Gasteiger partial charge in [-0.25, -0.2) is 9.78 Å². The highest BCUT2D eigenvalue weighted by Crippen LogP contribution is 2.11. The van der Waals surface area contributed by atoms with Gasteiger partial charge in [0.15, 0.2) is 0 Å². The van der Waals surface area contributed by atoms with Crippen LogP contribution in [0, 0.1) is 0 Å². The predicted octanol–water partition coefficient (Wildman–Crippen LogP) is -2.77. The van der Waals surface area contributed by atoms with Crippen molar-refractivity contribution in [1.29, 1.82) is 0 Å². The molecule has 10 N–H and O–H groups in total. The maximum absolute atomic E-state index is 12.7. The number of H-pyrrole nitrogens is 1. The number of hydrogen-bond donors (Lipinski definition) is 9. The molecule has 0 fully saturated rings. The Kier molecular flexibility index (Phi) is 10.5. The fourth-order valence-corrected chi connectivity index (χ4v) is 3.20. The van der Waals surface area contributed by atoms with Gasteiger partial charge in [0.1, 0.15) is 23.9 Å². The number of phenols is 1. The fraction of sp³-hybridized carbons (Fsp3) is 0.364. The second-order valence-electron chi connectivity index (χ2n) is 8.06. The number of carboxylic acids is 2. The molecule has 0 saturated carbocycles. The summed E-state index contributed by atoms with van der Waals surface area (Å²) in [5.41, 5.74) is 6.87. The van der Waals surface area contributed by atoms with Crippen molar-refractivity contribution in [2.45, 2.75) is 43.4 Å². The molecule has 15 nitrogen and oxygen atoms in total. The molecule has 0 radical (unpaired) electrons. The SMILES string of the molecule is NC(Cc1ccc(O)cc1)C(=O)NC(CC(=O)O)C(=O)NC(CO)C(=O)NC(Cc1cnc[nH]1)C(=O)O. The maximum Gasteiger partial charge on any atom is 0.326 e. The standard InChI is InChI=1S/C22H28N6O9/c23-14(5-11-1-3-13(30)4-2-11)19(33)26-15(7-18(31)32)20(34)28-17(9-29)21(35)27-16(22(36)37)6-12-8-24-10-25-12/h1-4,8,10,14-17,29-30H,5-7,9,23H2,(H,24,25)(H,26,33)(H,27,35)(H,28,34)(H,31,32)(H,36,37). The van der Waals surface area contributed by atoms with Gasteiger partial charge in [-0.05, 0) is 24.1 Å². The van der Waals surface area contributed by atoms with Crippen LogP contribution in [0.15, 0.2) is 36.8 Å². The Bertz CT molecular complexity index is 1090. The maximum atomic E-state index is 12.7. The molecule has 0 aliphatic rings. The fourth-order valence-electron chi connectivity index (χ4n) is 3.20. The zero-order chi connectivity index (χ0) is 27.5. The number of nitrogens with one attached hydrogen (secondary N) is 4. The van der Waals surface area contributed by atoms with Gasteiger partial charge >= 0.3 is 11.9 Å². The van der Waals surface area contributed by atoms with E-state index >= 15 is 0 Å². The van der Waals surface area contributed by atoms with Crippen molar-refractivity contribution in [2.75, 3.05) is 6.61 Å². The number of phenolic OH excluding ortho intramolecular Hbond substituents is 1. The van der Waals surface area contributed by atoms with E-state index in [1.165, 1.54) is 36.8 Å². The molecule has 0 spiro atoms. The van der Waals surface area contributed by atoms with Gasteiger partial charge in [-0.2, -0.15) is 0 Å². The van der Waals surface area contributed by atoms with Crippen LogP contribution in [-0.2, 0) is 36.8 Å². The largest absolute Gasteiger partial charge is 0.508 e. The Morgan fingerprint density at radius 2 is 1.49 bits per heavy atom. The zero-order valence-corrected chi connectivity index (χ0v) is 19.5. The third-order valence-corrected chi connectivity index (χ3v) is 5.15. The first-order valence-corrected chi connectivity index (χ1v) is 11.0. The minimum absolute atomic E-state index is 0.0124. The summed E-state index contributed by atoms with van der Waals surface area (Å²) in [4.78, 5) is 67.0. The van der Waals surface area contributed by atoms with Crippen LogP contribution in [0.5, 0.6) is 5.75 Å². The van der Waals surface area contributed by atoms with Crippen molar-refractivity contribution >= 4 is 29.7 Å². The topological polar surface area (TPSA) is 257 Å². The van der Waals surface area contributed by atoms with Crippen LogP contribution in [-0.4, -0.2) is 90.8 Å². The van der Waals surface area contributed by atoms with E-state index in [0.29, 0.717) is 11.3 Å². The van der Waals surface area contributed by atoms with Gasteiger partial charge < -0.3 is 47.1 Å². The van der Waals surface area contributed by atoms with Crippen molar-refractivity contribution < 1.29 is 44.4 Å². The normalized spacial score (nSPS) is 14.0. The molecule has 1 aromatic carbocycles. The molecule has 0 aliphatic carbocycles. The van der Waals surface area contributed by atoms with Crippen LogP contribution in [0.4, 0.5) is 0 Å². The van der Waals surface area contributed by atoms with E-state index in [9.17, 15) is 39.3 Å². The molecule has 2 rings (SSSR count). The Hall–Kier alpha value is -4.50. The third kappa shape index (κ3) is 9.23. The number of aromatic nitrogens is 2. The third-order valence-electron chi connectivity index (χ3n) is 5.15. The molecule has 0 saturated heterocycles. The highest BCUT2D eigenvalue weighted by atomic mass is 16.4. The number of aliphatic hydroxyl groups is 1. The Balaban J connectivity index is 2.03. The Morgan fingerprint density at radius 1 is 0.892 bits per heavy atom. The summed E-state index contributed by atoms with van der Waals surface area (Å²) in [6.45, 7) is -0.942. The Morgan fingerprint density at radius 3 is 2.03 bits per heavy atom. The molecule has 15 heteroatoms. The number of nitrogens with zero attached hydrogens (tertiary/aromatic N) is 1. The van der Waals surface area contributed by atoms with Crippen LogP contribution in [0.1, 0.15) is 17.7 Å². The molecular weight excluding hydrogens is 492 g/mol. The number of aromatic amines is 1. The second-order valence-corrected chi connectivity index (χ2v) is 8.06.